The van der Waals surface area contributed by atoms with E-state index in [0.29, 0.717) is 13.0 Å². The first-order valence-electron chi connectivity index (χ1n) is 6.07. The fourth-order valence-electron chi connectivity index (χ4n) is 2.07. The fourth-order valence-corrected chi connectivity index (χ4v) is 2.07. The first kappa shape index (κ1) is 12.1. The van der Waals surface area contributed by atoms with Gasteiger partial charge in [-0.25, -0.2) is 0 Å². The van der Waals surface area contributed by atoms with Gasteiger partial charge in [-0.1, -0.05) is 42.5 Å². The van der Waals surface area contributed by atoms with Crippen LogP contribution in [-0.4, -0.2) is 18.0 Å². The highest BCUT2D eigenvalue weighted by Gasteiger charge is 2.05. The van der Waals surface area contributed by atoms with Gasteiger partial charge in [0.1, 0.15) is 0 Å². The molecule has 2 aromatic carbocycles. The molecule has 0 heterocycles. The van der Waals surface area contributed by atoms with E-state index in [1.54, 1.807) is 0 Å². The predicted molar refractivity (Wildman–Crippen MR) is 69.9 cm³/mol. The van der Waals surface area contributed by atoms with E-state index in [2.05, 4.69) is 30.3 Å². The quantitative estimate of drug-likeness (QED) is 0.800. The van der Waals surface area contributed by atoms with E-state index in [-0.39, 0.29) is 0 Å². The minimum Gasteiger partial charge on any atom is -0.368 e. The minimum atomic E-state index is -0.654. The van der Waals surface area contributed by atoms with Crippen molar-refractivity contribution in [3.8, 4) is 0 Å². The normalized spacial score (nSPS) is 12.8. The number of rotatable bonds is 5. The molecule has 90 valence electrons. The van der Waals surface area contributed by atoms with Gasteiger partial charge >= 0.3 is 0 Å². The van der Waals surface area contributed by atoms with Crippen LogP contribution in [0.15, 0.2) is 42.5 Å². The first-order chi connectivity index (χ1) is 8.31. The second-order valence-electron chi connectivity index (χ2n) is 4.09. The van der Waals surface area contributed by atoms with E-state index in [0.717, 1.165) is 6.42 Å². The number of ether oxygens (including phenoxy) is 1. The predicted octanol–water partition coefficient (Wildman–Crippen LogP) is 3.13. The molecule has 0 aromatic heterocycles. The molecule has 2 rings (SSSR count). The van der Waals surface area contributed by atoms with Crippen LogP contribution < -0.4 is 0 Å². The summed E-state index contributed by atoms with van der Waals surface area (Å²) < 4.78 is 5.13. The van der Waals surface area contributed by atoms with Crippen molar-refractivity contribution in [1.82, 2.24) is 0 Å². The Morgan fingerprint density at radius 1 is 1.12 bits per heavy atom. The summed E-state index contributed by atoms with van der Waals surface area (Å²) in [6, 6.07) is 14.6. The summed E-state index contributed by atoms with van der Waals surface area (Å²) in [6.45, 7) is 2.44. The fraction of sp³-hybridized carbons (Fsp3) is 0.333. The molecule has 0 aliphatic rings. The summed E-state index contributed by atoms with van der Waals surface area (Å²) in [7, 11) is 0. The lowest BCUT2D eigenvalue weighted by Crippen LogP contribution is -2.12. The molecule has 2 aromatic rings. The number of hydrogen-bond acceptors (Lipinski definition) is 2. The Kier molecular flexibility index (Phi) is 4.13. The summed E-state index contributed by atoms with van der Waals surface area (Å²) >= 11 is 0. The van der Waals surface area contributed by atoms with Gasteiger partial charge < -0.3 is 9.84 Å². The molecule has 0 saturated carbocycles. The van der Waals surface area contributed by atoms with Crippen LogP contribution in [0.5, 0.6) is 0 Å². The van der Waals surface area contributed by atoms with E-state index >= 15 is 0 Å². The van der Waals surface area contributed by atoms with Crippen LogP contribution in [0.3, 0.4) is 0 Å². The highest BCUT2D eigenvalue weighted by molar-refractivity contribution is 5.85. The average molecular weight is 230 g/mol. The van der Waals surface area contributed by atoms with Gasteiger partial charge in [-0.3, -0.25) is 0 Å². The standard InChI is InChI=1S/C15H18O2/c1-2-17-15(16)11-10-13-8-5-7-12-6-3-4-9-14(12)13/h3-9,15-16H,2,10-11H2,1H3. The Hall–Kier alpha value is -1.38. The number of fused-ring (bicyclic) bond motifs is 1. The van der Waals surface area contributed by atoms with Gasteiger partial charge in [0, 0.05) is 13.0 Å². The third-order valence-corrected chi connectivity index (χ3v) is 2.90. The van der Waals surface area contributed by atoms with Crippen molar-refractivity contribution in [3.05, 3.63) is 48.0 Å². The molecular formula is C15H18O2. The Morgan fingerprint density at radius 3 is 2.71 bits per heavy atom. The third-order valence-electron chi connectivity index (χ3n) is 2.90. The van der Waals surface area contributed by atoms with Gasteiger partial charge in [0.2, 0.25) is 0 Å². The molecule has 0 aliphatic carbocycles. The van der Waals surface area contributed by atoms with E-state index in [1.807, 2.05) is 19.1 Å². The Balaban J connectivity index is 2.13. The maximum absolute atomic E-state index is 9.56. The monoisotopic (exact) mass is 230 g/mol. The molecule has 0 radical (unpaired) electrons. The average Bonchev–Trinajstić information content (AvgIpc) is 2.36. The van der Waals surface area contributed by atoms with Crippen molar-refractivity contribution < 1.29 is 9.84 Å². The summed E-state index contributed by atoms with van der Waals surface area (Å²) in [4.78, 5) is 0. The Labute approximate surface area is 102 Å². The molecule has 0 spiro atoms. The van der Waals surface area contributed by atoms with Crippen LogP contribution in [0.2, 0.25) is 0 Å². The highest BCUT2D eigenvalue weighted by atomic mass is 16.6. The van der Waals surface area contributed by atoms with Gasteiger partial charge in [0.15, 0.2) is 6.29 Å². The zero-order valence-corrected chi connectivity index (χ0v) is 10.1. The van der Waals surface area contributed by atoms with Gasteiger partial charge in [0.25, 0.3) is 0 Å². The van der Waals surface area contributed by atoms with Crippen LogP contribution in [-0.2, 0) is 11.2 Å². The smallest absolute Gasteiger partial charge is 0.154 e. The van der Waals surface area contributed by atoms with E-state index in [9.17, 15) is 5.11 Å². The van der Waals surface area contributed by atoms with E-state index in [4.69, 9.17) is 4.74 Å². The molecule has 1 N–H and O–H groups in total. The lowest BCUT2D eigenvalue weighted by Gasteiger charge is -2.11. The van der Waals surface area contributed by atoms with Crippen molar-refractivity contribution in [2.75, 3.05) is 6.61 Å². The molecule has 2 heteroatoms. The van der Waals surface area contributed by atoms with Gasteiger partial charge in [-0.15, -0.1) is 0 Å². The largest absolute Gasteiger partial charge is 0.368 e. The molecule has 0 bridgehead atoms. The number of benzene rings is 2. The summed E-state index contributed by atoms with van der Waals surface area (Å²) in [5, 5.41) is 12.1. The lowest BCUT2D eigenvalue weighted by atomic mass is 10.0. The summed E-state index contributed by atoms with van der Waals surface area (Å²) in [6.07, 6.45) is 0.823. The first-order valence-corrected chi connectivity index (χ1v) is 6.07. The summed E-state index contributed by atoms with van der Waals surface area (Å²) in [5.74, 6) is 0. The molecule has 17 heavy (non-hydrogen) atoms. The van der Waals surface area contributed by atoms with Crippen LogP contribution in [0.1, 0.15) is 18.9 Å². The number of aliphatic hydroxyl groups excluding tert-OH is 1. The van der Waals surface area contributed by atoms with Crippen LogP contribution in [0, 0.1) is 0 Å². The van der Waals surface area contributed by atoms with Crippen LogP contribution in [0.4, 0.5) is 0 Å². The van der Waals surface area contributed by atoms with Crippen molar-refractivity contribution in [1.29, 1.82) is 0 Å². The van der Waals surface area contributed by atoms with Crippen LogP contribution in [0.25, 0.3) is 10.8 Å². The maximum Gasteiger partial charge on any atom is 0.154 e. The second kappa shape index (κ2) is 5.80. The molecule has 2 nitrogen and oxygen atoms in total. The molecule has 0 fully saturated rings. The zero-order valence-electron chi connectivity index (χ0n) is 10.1. The van der Waals surface area contributed by atoms with Crippen molar-refractivity contribution in [2.24, 2.45) is 0 Å². The third kappa shape index (κ3) is 3.05. The zero-order chi connectivity index (χ0) is 12.1. The number of hydrogen-bond donors (Lipinski definition) is 1. The number of aryl methyl sites for hydroxylation is 1. The Bertz CT molecular complexity index is 474. The topological polar surface area (TPSA) is 29.5 Å². The van der Waals surface area contributed by atoms with Crippen molar-refractivity contribution in [2.45, 2.75) is 26.1 Å². The molecule has 1 unspecified atom stereocenters. The van der Waals surface area contributed by atoms with E-state index in [1.165, 1.54) is 16.3 Å². The molecular weight excluding hydrogens is 212 g/mol. The second-order valence-corrected chi connectivity index (χ2v) is 4.09. The van der Waals surface area contributed by atoms with Gasteiger partial charge in [-0.05, 0) is 29.7 Å². The van der Waals surface area contributed by atoms with Crippen LogP contribution >= 0.6 is 0 Å². The van der Waals surface area contributed by atoms with Crippen molar-refractivity contribution >= 4 is 10.8 Å². The molecule has 1 atom stereocenters. The van der Waals surface area contributed by atoms with Gasteiger partial charge in [-0.2, -0.15) is 0 Å². The molecule has 0 amide bonds. The highest BCUT2D eigenvalue weighted by Crippen LogP contribution is 2.20. The van der Waals surface area contributed by atoms with Crippen molar-refractivity contribution in [3.63, 3.8) is 0 Å². The Morgan fingerprint density at radius 2 is 1.88 bits per heavy atom. The summed E-state index contributed by atoms with van der Waals surface area (Å²) in [5.41, 5.74) is 1.27. The molecule has 0 aliphatic heterocycles. The lowest BCUT2D eigenvalue weighted by molar-refractivity contribution is -0.0979. The molecule has 0 saturated heterocycles. The maximum atomic E-state index is 9.56. The SMILES string of the molecule is CCOC(O)CCc1cccc2ccccc12. The van der Waals surface area contributed by atoms with Gasteiger partial charge in [0.05, 0.1) is 0 Å². The minimum absolute atomic E-state index is 0.552. The van der Waals surface area contributed by atoms with E-state index < -0.39 is 6.29 Å². The number of aliphatic hydroxyl groups is 1.